The topological polar surface area (TPSA) is 53.0 Å². The van der Waals surface area contributed by atoms with Crippen LogP contribution in [-0.2, 0) is 10.0 Å². The van der Waals surface area contributed by atoms with E-state index in [1.807, 2.05) is 0 Å². The molecule has 108 valence electrons. The molecular formula is C12H20FN3O2S. The number of halogens is 1. The predicted molar refractivity (Wildman–Crippen MR) is 73.0 cm³/mol. The van der Waals surface area contributed by atoms with E-state index >= 15 is 0 Å². The molecule has 0 amide bonds. The molecule has 0 aromatic rings. The van der Waals surface area contributed by atoms with E-state index in [4.69, 9.17) is 0 Å². The van der Waals surface area contributed by atoms with Gasteiger partial charge in [0.25, 0.3) is 6.42 Å². The Morgan fingerprint density at radius 2 is 2.16 bits per heavy atom. The molecule has 1 fully saturated rings. The summed E-state index contributed by atoms with van der Waals surface area (Å²) in [5, 5.41) is -0.442. The molecule has 7 heteroatoms. The van der Waals surface area contributed by atoms with Crippen molar-refractivity contribution in [3.63, 3.8) is 0 Å². The van der Waals surface area contributed by atoms with Gasteiger partial charge in [-0.05, 0) is 32.8 Å². The quantitative estimate of drug-likeness (QED) is 0.737. The third-order valence-corrected chi connectivity index (χ3v) is 5.78. The number of alkyl halides is 1. The number of aliphatic imine (C=N–C) groups is 1. The molecule has 0 aromatic heterocycles. The van der Waals surface area contributed by atoms with E-state index in [1.54, 1.807) is 26.1 Å². The largest absolute Gasteiger partial charge is 0.326 e. The lowest BCUT2D eigenvalue weighted by Gasteiger charge is -2.39. The standard InChI is InChI=1S/C12H20FN3O2S/c1-10(2)19(17,18)15-7-3-5-11(9-15)16-8-4-6-14-12(16)13/h4,6,8,10-12H,3,5,7,9H2,1-2H3. The number of nitrogens with zero attached hydrogens (tertiary/aromatic N) is 3. The first-order chi connectivity index (χ1) is 8.93. The van der Waals surface area contributed by atoms with Crippen LogP contribution >= 0.6 is 0 Å². The summed E-state index contributed by atoms with van der Waals surface area (Å²) in [6.07, 6.45) is 4.87. The fourth-order valence-electron chi connectivity index (χ4n) is 2.40. The van der Waals surface area contributed by atoms with E-state index in [-0.39, 0.29) is 6.04 Å². The summed E-state index contributed by atoms with van der Waals surface area (Å²) in [4.78, 5) is 5.19. The summed E-state index contributed by atoms with van der Waals surface area (Å²) < 4.78 is 39.5. The van der Waals surface area contributed by atoms with Crippen molar-refractivity contribution >= 4 is 16.2 Å². The minimum absolute atomic E-state index is 0.147. The smallest absolute Gasteiger partial charge is 0.266 e. The molecule has 2 heterocycles. The Labute approximate surface area is 113 Å². The third-order valence-electron chi connectivity index (χ3n) is 3.54. The molecule has 0 spiro atoms. The summed E-state index contributed by atoms with van der Waals surface area (Å²) >= 11 is 0. The first-order valence-electron chi connectivity index (χ1n) is 6.53. The molecule has 0 aliphatic carbocycles. The van der Waals surface area contributed by atoms with Gasteiger partial charge in [0.2, 0.25) is 10.0 Å². The lowest BCUT2D eigenvalue weighted by molar-refractivity contribution is 0.0677. The molecule has 2 unspecified atom stereocenters. The van der Waals surface area contributed by atoms with E-state index in [9.17, 15) is 12.8 Å². The van der Waals surface area contributed by atoms with Crippen LogP contribution in [-0.4, -0.2) is 54.6 Å². The molecule has 2 aliphatic rings. The SMILES string of the molecule is CC(C)S(=O)(=O)N1CCCC(N2C=CC=NC2F)C1. The lowest BCUT2D eigenvalue weighted by Crippen LogP contribution is -2.51. The average molecular weight is 289 g/mol. The maximum absolute atomic E-state index is 13.7. The van der Waals surface area contributed by atoms with Crippen LogP contribution < -0.4 is 0 Å². The molecule has 2 atom stereocenters. The van der Waals surface area contributed by atoms with Crippen LogP contribution in [0.15, 0.2) is 17.3 Å². The first-order valence-corrected chi connectivity index (χ1v) is 8.03. The molecule has 2 rings (SSSR count). The number of sulfonamides is 1. The van der Waals surface area contributed by atoms with Crippen molar-refractivity contribution in [3.05, 3.63) is 12.3 Å². The van der Waals surface area contributed by atoms with Crippen LogP contribution in [0.2, 0.25) is 0 Å². The molecule has 0 aromatic carbocycles. The van der Waals surface area contributed by atoms with Crippen molar-refractivity contribution in [1.29, 1.82) is 0 Å². The van der Waals surface area contributed by atoms with Crippen molar-refractivity contribution < 1.29 is 12.8 Å². The fourth-order valence-corrected chi connectivity index (χ4v) is 3.76. The highest BCUT2D eigenvalue weighted by atomic mass is 32.2. The van der Waals surface area contributed by atoms with Gasteiger partial charge in [0.15, 0.2) is 0 Å². The number of rotatable bonds is 3. The monoisotopic (exact) mass is 289 g/mol. The lowest BCUT2D eigenvalue weighted by atomic mass is 10.1. The van der Waals surface area contributed by atoms with Crippen molar-refractivity contribution in [2.75, 3.05) is 13.1 Å². The maximum Gasteiger partial charge on any atom is 0.266 e. The van der Waals surface area contributed by atoms with Crippen LogP contribution in [0.3, 0.4) is 0 Å². The van der Waals surface area contributed by atoms with Gasteiger partial charge in [-0.15, -0.1) is 0 Å². The van der Waals surface area contributed by atoms with Gasteiger partial charge in [0, 0.05) is 31.5 Å². The van der Waals surface area contributed by atoms with Gasteiger partial charge < -0.3 is 4.90 Å². The Morgan fingerprint density at radius 3 is 2.79 bits per heavy atom. The summed E-state index contributed by atoms with van der Waals surface area (Å²) in [6, 6.07) is -0.147. The maximum atomic E-state index is 13.7. The summed E-state index contributed by atoms with van der Waals surface area (Å²) in [7, 11) is -3.27. The molecule has 2 aliphatic heterocycles. The van der Waals surface area contributed by atoms with Crippen LogP contribution in [0, 0.1) is 0 Å². The number of hydrogen-bond donors (Lipinski definition) is 0. The van der Waals surface area contributed by atoms with Gasteiger partial charge in [-0.25, -0.2) is 13.4 Å². The van der Waals surface area contributed by atoms with Gasteiger partial charge in [-0.2, -0.15) is 8.70 Å². The Kier molecular flexibility index (Phi) is 4.25. The molecule has 19 heavy (non-hydrogen) atoms. The van der Waals surface area contributed by atoms with Crippen molar-refractivity contribution in [1.82, 2.24) is 9.21 Å². The van der Waals surface area contributed by atoms with E-state index in [1.165, 1.54) is 15.4 Å². The van der Waals surface area contributed by atoms with Gasteiger partial charge in [0.05, 0.1) is 5.25 Å². The number of hydrogen-bond acceptors (Lipinski definition) is 4. The van der Waals surface area contributed by atoms with Crippen LogP contribution in [0.1, 0.15) is 26.7 Å². The normalized spacial score (nSPS) is 29.2. The van der Waals surface area contributed by atoms with E-state index < -0.39 is 21.7 Å². The number of allylic oxidation sites excluding steroid dienone is 1. The van der Waals surface area contributed by atoms with Gasteiger partial charge in [0.1, 0.15) is 0 Å². The summed E-state index contributed by atoms with van der Waals surface area (Å²) in [6.45, 7) is 4.19. The Bertz CT molecular complexity index is 475. The van der Waals surface area contributed by atoms with Crippen LogP contribution in [0.4, 0.5) is 4.39 Å². The highest BCUT2D eigenvalue weighted by Crippen LogP contribution is 2.24. The Balaban J connectivity index is 2.10. The Hall–Kier alpha value is -0.950. The van der Waals surface area contributed by atoms with Crippen molar-refractivity contribution in [3.8, 4) is 0 Å². The van der Waals surface area contributed by atoms with Crippen LogP contribution in [0.5, 0.6) is 0 Å². The predicted octanol–water partition coefficient (Wildman–Crippen LogP) is 1.34. The second-order valence-corrected chi connectivity index (χ2v) is 7.63. The molecule has 5 nitrogen and oxygen atoms in total. The molecule has 0 N–H and O–H groups in total. The number of piperidine rings is 1. The minimum Gasteiger partial charge on any atom is -0.326 e. The van der Waals surface area contributed by atoms with Crippen LogP contribution in [0.25, 0.3) is 0 Å². The fraction of sp³-hybridized carbons (Fsp3) is 0.750. The van der Waals surface area contributed by atoms with Gasteiger partial charge >= 0.3 is 0 Å². The van der Waals surface area contributed by atoms with Gasteiger partial charge in [-0.3, -0.25) is 0 Å². The molecule has 0 radical (unpaired) electrons. The third kappa shape index (κ3) is 2.97. The summed E-state index contributed by atoms with van der Waals surface area (Å²) in [5.74, 6) is 0. The van der Waals surface area contributed by atoms with Crippen molar-refractivity contribution in [2.45, 2.75) is 44.4 Å². The first kappa shape index (κ1) is 14.5. The average Bonchev–Trinajstić information content (AvgIpc) is 2.39. The molecule has 0 saturated carbocycles. The molecule has 1 saturated heterocycles. The zero-order valence-corrected chi connectivity index (χ0v) is 12.1. The van der Waals surface area contributed by atoms with E-state index in [0.29, 0.717) is 13.1 Å². The molecular weight excluding hydrogens is 269 g/mol. The zero-order valence-electron chi connectivity index (χ0n) is 11.2. The van der Waals surface area contributed by atoms with E-state index in [0.717, 1.165) is 12.8 Å². The second kappa shape index (κ2) is 5.58. The Morgan fingerprint density at radius 1 is 1.42 bits per heavy atom. The minimum atomic E-state index is -3.27. The van der Waals surface area contributed by atoms with Gasteiger partial charge in [-0.1, -0.05) is 0 Å². The zero-order chi connectivity index (χ0) is 14.0. The second-order valence-electron chi connectivity index (χ2n) is 5.15. The van der Waals surface area contributed by atoms with E-state index in [2.05, 4.69) is 4.99 Å². The molecule has 0 bridgehead atoms. The van der Waals surface area contributed by atoms with Crippen molar-refractivity contribution in [2.24, 2.45) is 4.99 Å². The highest BCUT2D eigenvalue weighted by Gasteiger charge is 2.34. The highest BCUT2D eigenvalue weighted by molar-refractivity contribution is 7.89. The summed E-state index contributed by atoms with van der Waals surface area (Å²) in [5.41, 5.74) is 0.